The summed E-state index contributed by atoms with van der Waals surface area (Å²) in [5, 5.41) is 4.99. The lowest BCUT2D eigenvalue weighted by Gasteiger charge is -2.19. The molecule has 3 nitrogen and oxygen atoms in total. The molecule has 3 heterocycles. The molecule has 0 bridgehead atoms. The molecule has 2 aliphatic heterocycles. The first-order valence-electron chi connectivity index (χ1n) is 8.35. The van der Waals surface area contributed by atoms with Crippen LogP contribution in [-0.2, 0) is 13.0 Å². The van der Waals surface area contributed by atoms with E-state index >= 15 is 0 Å². The van der Waals surface area contributed by atoms with Crippen molar-refractivity contribution in [3.05, 3.63) is 81.1 Å². The molecule has 0 fully saturated rings. The number of aromatic nitrogens is 1. The minimum Gasteiger partial charge on any atom is -0.493 e. The van der Waals surface area contributed by atoms with E-state index in [4.69, 9.17) is 27.9 Å². The first-order valence-corrected chi connectivity index (χ1v) is 9.11. The van der Waals surface area contributed by atoms with E-state index in [0.717, 1.165) is 30.0 Å². The second kappa shape index (κ2) is 5.80. The highest BCUT2D eigenvalue weighted by molar-refractivity contribution is 6.36. The number of ether oxygens (including phenoxy) is 1. The van der Waals surface area contributed by atoms with Crippen LogP contribution in [0.2, 0.25) is 10.0 Å². The van der Waals surface area contributed by atoms with Crippen molar-refractivity contribution in [3.8, 4) is 11.4 Å². The highest BCUT2D eigenvalue weighted by Crippen LogP contribution is 2.37. The lowest BCUT2D eigenvalue weighted by atomic mass is 10.00. The number of rotatable bonds is 1. The number of benzene rings is 2. The molecule has 2 aromatic carbocycles. The van der Waals surface area contributed by atoms with Gasteiger partial charge in [-0.25, -0.2) is 0 Å². The topological polar surface area (TPSA) is 26.2 Å². The van der Waals surface area contributed by atoms with Crippen LogP contribution in [0.1, 0.15) is 28.4 Å². The fraction of sp³-hybridized carbons (Fsp3) is 0.200. The maximum absolute atomic E-state index is 6.53. The second-order valence-corrected chi connectivity index (χ2v) is 7.32. The van der Waals surface area contributed by atoms with Gasteiger partial charge in [-0.1, -0.05) is 35.3 Å². The fourth-order valence-corrected chi connectivity index (χ4v) is 4.47. The van der Waals surface area contributed by atoms with Gasteiger partial charge in [-0.2, -0.15) is 0 Å². The van der Waals surface area contributed by atoms with Crippen molar-refractivity contribution in [1.82, 2.24) is 9.88 Å². The van der Waals surface area contributed by atoms with Gasteiger partial charge >= 0.3 is 0 Å². The number of hydrogen-bond donors (Lipinski definition) is 1. The summed E-state index contributed by atoms with van der Waals surface area (Å²) in [5.74, 6) is 1.01. The summed E-state index contributed by atoms with van der Waals surface area (Å²) in [6.07, 6.45) is 3.03. The predicted molar refractivity (Wildman–Crippen MR) is 100 cm³/mol. The van der Waals surface area contributed by atoms with Gasteiger partial charge in [0, 0.05) is 29.9 Å². The van der Waals surface area contributed by atoms with Gasteiger partial charge in [-0.3, -0.25) is 0 Å². The van der Waals surface area contributed by atoms with E-state index in [-0.39, 0.29) is 6.04 Å². The van der Waals surface area contributed by atoms with Gasteiger partial charge in [-0.15, -0.1) is 0 Å². The third-order valence-electron chi connectivity index (χ3n) is 4.97. The van der Waals surface area contributed by atoms with Crippen LogP contribution in [0, 0.1) is 0 Å². The summed E-state index contributed by atoms with van der Waals surface area (Å²) in [4.78, 5) is 0. The minimum absolute atomic E-state index is 0.0862. The molecule has 1 unspecified atom stereocenters. The van der Waals surface area contributed by atoms with Crippen molar-refractivity contribution in [2.45, 2.75) is 19.0 Å². The van der Waals surface area contributed by atoms with Crippen molar-refractivity contribution >= 4 is 23.2 Å². The molecule has 0 aliphatic carbocycles. The second-order valence-electron chi connectivity index (χ2n) is 6.48. The van der Waals surface area contributed by atoms with Crippen LogP contribution in [0.25, 0.3) is 5.69 Å². The van der Waals surface area contributed by atoms with Crippen molar-refractivity contribution in [1.29, 1.82) is 0 Å². The van der Waals surface area contributed by atoms with E-state index in [9.17, 15) is 0 Å². The Morgan fingerprint density at radius 1 is 1.08 bits per heavy atom. The van der Waals surface area contributed by atoms with Crippen LogP contribution in [0.3, 0.4) is 0 Å². The molecular formula is C20H16Cl2N2O. The van der Waals surface area contributed by atoms with E-state index in [2.05, 4.69) is 46.4 Å². The third kappa shape index (κ3) is 2.46. The van der Waals surface area contributed by atoms with Gasteiger partial charge in [0.05, 0.1) is 23.4 Å². The van der Waals surface area contributed by atoms with Crippen molar-refractivity contribution < 1.29 is 4.74 Å². The van der Waals surface area contributed by atoms with Crippen LogP contribution >= 0.6 is 23.2 Å². The minimum atomic E-state index is 0.0862. The maximum Gasteiger partial charge on any atom is 0.122 e. The molecule has 0 spiro atoms. The molecule has 0 saturated heterocycles. The number of hydrogen-bond acceptors (Lipinski definition) is 2. The van der Waals surface area contributed by atoms with Gasteiger partial charge in [-0.05, 0) is 47.0 Å². The maximum atomic E-state index is 6.53. The molecule has 1 aromatic heterocycles. The third-order valence-corrected chi connectivity index (χ3v) is 5.47. The smallest absolute Gasteiger partial charge is 0.122 e. The average Bonchev–Trinajstić information content (AvgIpc) is 3.21. The number of nitrogens with zero attached hydrogens (tertiary/aromatic N) is 1. The van der Waals surface area contributed by atoms with E-state index in [0.29, 0.717) is 16.6 Å². The Kier molecular flexibility index (Phi) is 3.56. The fourth-order valence-electron chi connectivity index (χ4n) is 3.85. The highest BCUT2D eigenvalue weighted by Gasteiger charge is 2.26. The van der Waals surface area contributed by atoms with Crippen molar-refractivity contribution in [2.24, 2.45) is 0 Å². The molecular weight excluding hydrogens is 355 g/mol. The van der Waals surface area contributed by atoms with Crippen LogP contribution in [0.4, 0.5) is 0 Å². The predicted octanol–water partition coefficient (Wildman–Crippen LogP) is 4.91. The van der Waals surface area contributed by atoms with Gasteiger partial charge in [0.2, 0.25) is 0 Å². The Bertz CT molecular complexity index is 980. The molecule has 5 rings (SSSR count). The molecule has 5 heteroatoms. The van der Waals surface area contributed by atoms with E-state index in [1.807, 2.05) is 6.07 Å². The van der Waals surface area contributed by atoms with E-state index in [1.165, 1.54) is 16.8 Å². The molecule has 0 amide bonds. The first-order chi connectivity index (χ1) is 12.2. The van der Waals surface area contributed by atoms with Crippen LogP contribution in [-0.4, -0.2) is 11.2 Å². The zero-order valence-electron chi connectivity index (χ0n) is 13.4. The van der Waals surface area contributed by atoms with Crippen LogP contribution in [0.5, 0.6) is 5.75 Å². The summed E-state index contributed by atoms with van der Waals surface area (Å²) in [6, 6.07) is 14.5. The quantitative estimate of drug-likeness (QED) is 0.658. The summed E-state index contributed by atoms with van der Waals surface area (Å²) in [6.45, 7) is 1.47. The summed E-state index contributed by atoms with van der Waals surface area (Å²) in [5.41, 5.74) is 5.79. The van der Waals surface area contributed by atoms with Gasteiger partial charge < -0.3 is 14.6 Å². The molecule has 0 saturated carbocycles. The van der Waals surface area contributed by atoms with Crippen molar-refractivity contribution in [2.75, 3.05) is 6.61 Å². The summed E-state index contributed by atoms with van der Waals surface area (Å²) < 4.78 is 7.81. The number of nitrogens with one attached hydrogen (secondary N) is 1. The standard InChI is InChI=1S/C20H16Cl2N2O/c21-15-9-14-11-23-19(13-3-4-18-12(8-13)5-7-25-18)17-2-1-6-24(17)20(14)16(22)10-15/h1-4,6,8-10,19,23H,5,7,11H2. The zero-order chi connectivity index (χ0) is 17.0. The Morgan fingerprint density at radius 3 is 2.92 bits per heavy atom. The van der Waals surface area contributed by atoms with Crippen molar-refractivity contribution in [3.63, 3.8) is 0 Å². The number of fused-ring (bicyclic) bond motifs is 4. The normalized spacial score (nSPS) is 18.1. The van der Waals surface area contributed by atoms with E-state index in [1.54, 1.807) is 6.07 Å². The van der Waals surface area contributed by atoms with E-state index < -0.39 is 0 Å². The van der Waals surface area contributed by atoms with Crippen LogP contribution < -0.4 is 10.1 Å². The zero-order valence-corrected chi connectivity index (χ0v) is 14.9. The lowest BCUT2D eigenvalue weighted by Crippen LogP contribution is -2.21. The van der Waals surface area contributed by atoms with Gasteiger partial charge in [0.15, 0.2) is 0 Å². The molecule has 25 heavy (non-hydrogen) atoms. The average molecular weight is 371 g/mol. The summed E-state index contributed by atoms with van der Waals surface area (Å²) >= 11 is 12.7. The number of halogens is 2. The Balaban J connectivity index is 1.65. The highest BCUT2D eigenvalue weighted by atomic mass is 35.5. The van der Waals surface area contributed by atoms with Crippen LogP contribution in [0.15, 0.2) is 48.7 Å². The first kappa shape index (κ1) is 15.3. The Hall–Kier alpha value is -1.94. The Labute approximate surface area is 156 Å². The largest absolute Gasteiger partial charge is 0.493 e. The monoisotopic (exact) mass is 370 g/mol. The molecule has 3 aromatic rings. The SMILES string of the molecule is Clc1cc(Cl)c2c(c1)CNC(c1ccc3c(c1)CCO3)c1cccn1-2. The Morgan fingerprint density at radius 2 is 2.00 bits per heavy atom. The molecule has 126 valence electrons. The molecule has 0 radical (unpaired) electrons. The summed E-state index contributed by atoms with van der Waals surface area (Å²) in [7, 11) is 0. The van der Waals surface area contributed by atoms with Gasteiger partial charge in [0.25, 0.3) is 0 Å². The lowest BCUT2D eigenvalue weighted by molar-refractivity contribution is 0.357. The molecule has 1 atom stereocenters. The molecule has 2 aliphatic rings. The molecule has 1 N–H and O–H groups in total. The van der Waals surface area contributed by atoms with Gasteiger partial charge in [0.1, 0.15) is 5.75 Å².